The number of aromatic nitrogens is 4. The number of carbonyl (C=O) groups is 1. The predicted octanol–water partition coefficient (Wildman–Crippen LogP) is 3.34. The van der Waals surface area contributed by atoms with Crippen LogP contribution in [0.15, 0.2) is 53.3 Å². The van der Waals surface area contributed by atoms with Gasteiger partial charge in [0.2, 0.25) is 11.9 Å². The Bertz CT molecular complexity index is 1340. The summed E-state index contributed by atoms with van der Waals surface area (Å²) in [5.41, 5.74) is 3.44. The van der Waals surface area contributed by atoms with Crippen LogP contribution in [0.1, 0.15) is 16.8 Å². The number of fused-ring (bicyclic) bond motifs is 1. The van der Waals surface area contributed by atoms with Crippen LogP contribution < -0.4 is 16.3 Å². The Morgan fingerprint density at radius 1 is 1.06 bits per heavy atom. The van der Waals surface area contributed by atoms with Crippen molar-refractivity contribution in [3.63, 3.8) is 0 Å². The van der Waals surface area contributed by atoms with Gasteiger partial charge in [0.1, 0.15) is 12.4 Å². The molecule has 4 rings (SSSR count). The monoisotopic (exact) mass is 420 g/mol. The van der Waals surface area contributed by atoms with Crippen molar-refractivity contribution < 1.29 is 9.18 Å². The Kier molecular flexibility index (Phi) is 5.24. The van der Waals surface area contributed by atoms with E-state index in [1.54, 1.807) is 19.1 Å². The zero-order chi connectivity index (χ0) is 22.1. The second-order valence-electron chi connectivity index (χ2n) is 7.38. The van der Waals surface area contributed by atoms with E-state index in [0.717, 1.165) is 21.5 Å². The van der Waals surface area contributed by atoms with Crippen molar-refractivity contribution in [2.24, 2.45) is 0 Å². The highest BCUT2D eigenvalue weighted by Crippen LogP contribution is 2.19. The lowest BCUT2D eigenvalue weighted by Gasteiger charge is -2.09. The number of hydrogen-bond acceptors (Lipinski definition) is 5. The summed E-state index contributed by atoms with van der Waals surface area (Å²) in [6.07, 6.45) is 0. The summed E-state index contributed by atoms with van der Waals surface area (Å²) < 4.78 is 16.1. The van der Waals surface area contributed by atoms with E-state index in [9.17, 15) is 14.0 Å². The van der Waals surface area contributed by atoms with Gasteiger partial charge in [0.15, 0.2) is 5.65 Å². The third-order valence-corrected chi connectivity index (χ3v) is 4.62. The van der Waals surface area contributed by atoms with Gasteiger partial charge in [-0.25, -0.2) is 23.3 Å². The van der Waals surface area contributed by atoms with Crippen molar-refractivity contribution in [1.82, 2.24) is 19.2 Å². The van der Waals surface area contributed by atoms with Gasteiger partial charge in [0.25, 0.3) is 0 Å². The molecule has 0 radical (unpaired) electrons. The predicted molar refractivity (Wildman–Crippen MR) is 116 cm³/mol. The summed E-state index contributed by atoms with van der Waals surface area (Å²) in [7, 11) is 0. The molecule has 0 bridgehead atoms. The molecule has 2 heterocycles. The van der Waals surface area contributed by atoms with Gasteiger partial charge < -0.3 is 10.6 Å². The SMILES string of the molecule is Cc1cc(C)cc(Nc2nc(C)cc3nn(CC(=O)Nc4ccccc4F)c(=O)n23)c1. The van der Waals surface area contributed by atoms with Gasteiger partial charge in [-0.2, -0.15) is 0 Å². The van der Waals surface area contributed by atoms with E-state index < -0.39 is 17.4 Å². The maximum atomic E-state index is 13.8. The van der Waals surface area contributed by atoms with Crippen LogP contribution in [-0.4, -0.2) is 25.1 Å². The molecule has 0 aliphatic carbocycles. The molecule has 2 aromatic carbocycles. The molecule has 0 aliphatic heterocycles. The summed E-state index contributed by atoms with van der Waals surface area (Å²) in [6.45, 7) is 5.39. The molecule has 158 valence electrons. The van der Waals surface area contributed by atoms with Crippen LogP contribution in [0.25, 0.3) is 5.65 Å². The number of aryl methyl sites for hydroxylation is 3. The van der Waals surface area contributed by atoms with Crippen LogP contribution in [0.4, 0.5) is 21.7 Å². The number of halogens is 1. The third kappa shape index (κ3) is 4.30. The van der Waals surface area contributed by atoms with E-state index in [1.165, 1.54) is 22.6 Å². The first-order valence-corrected chi connectivity index (χ1v) is 9.67. The van der Waals surface area contributed by atoms with E-state index in [2.05, 4.69) is 20.7 Å². The zero-order valence-corrected chi connectivity index (χ0v) is 17.3. The first kappa shape index (κ1) is 20.3. The average molecular weight is 420 g/mol. The zero-order valence-electron chi connectivity index (χ0n) is 17.3. The normalized spacial score (nSPS) is 11.0. The van der Waals surface area contributed by atoms with Crippen molar-refractivity contribution >= 4 is 28.9 Å². The van der Waals surface area contributed by atoms with E-state index >= 15 is 0 Å². The Labute approximate surface area is 177 Å². The highest BCUT2D eigenvalue weighted by Gasteiger charge is 2.16. The molecule has 0 saturated carbocycles. The van der Waals surface area contributed by atoms with Gasteiger partial charge in [0, 0.05) is 17.4 Å². The van der Waals surface area contributed by atoms with E-state index in [4.69, 9.17) is 0 Å². The molecule has 9 heteroatoms. The molecule has 0 saturated heterocycles. The third-order valence-electron chi connectivity index (χ3n) is 4.62. The minimum atomic E-state index is -0.566. The molecule has 31 heavy (non-hydrogen) atoms. The number of nitrogens with one attached hydrogen (secondary N) is 2. The first-order chi connectivity index (χ1) is 14.8. The molecule has 4 aromatic rings. The molecule has 0 unspecified atom stereocenters. The highest BCUT2D eigenvalue weighted by atomic mass is 19.1. The van der Waals surface area contributed by atoms with Gasteiger partial charge in [0.05, 0.1) is 5.69 Å². The van der Waals surface area contributed by atoms with Gasteiger partial charge >= 0.3 is 5.69 Å². The van der Waals surface area contributed by atoms with Gasteiger partial charge in [-0.15, -0.1) is 5.10 Å². The van der Waals surface area contributed by atoms with Crippen LogP contribution in [0.5, 0.6) is 0 Å². The van der Waals surface area contributed by atoms with Gasteiger partial charge in [-0.1, -0.05) is 18.2 Å². The number of benzene rings is 2. The molecule has 2 aromatic heterocycles. The molecular formula is C22H21FN6O2. The highest BCUT2D eigenvalue weighted by molar-refractivity contribution is 5.90. The lowest BCUT2D eigenvalue weighted by atomic mass is 10.1. The van der Waals surface area contributed by atoms with Gasteiger partial charge in [-0.05, 0) is 56.2 Å². The molecule has 0 fully saturated rings. The Morgan fingerprint density at radius 3 is 2.48 bits per heavy atom. The van der Waals surface area contributed by atoms with E-state index in [1.807, 2.05) is 32.0 Å². The fraction of sp³-hybridized carbons (Fsp3) is 0.182. The minimum absolute atomic E-state index is 0.0407. The molecule has 8 nitrogen and oxygen atoms in total. The van der Waals surface area contributed by atoms with Crippen LogP contribution >= 0.6 is 0 Å². The van der Waals surface area contributed by atoms with Crippen LogP contribution in [0.2, 0.25) is 0 Å². The summed E-state index contributed by atoms with van der Waals surface area (Å²) in [5, 5.41) is 9.87. The molecular weight excluding hydrogens is 399 g/mol. The molecule has 1 amide bonds. The summed E-state index contributed by atoms with van der Waals surface area (Å²) in [5.74, 6) is -0.826. The number of hydrogen-bond donors (Lipinski definition) is 2. The van der Waals surface area contributed by atoms with E-state index in [-0.39, 0.29) is 12.2 Å². The molecule has 0 aliphatic rings. The number of para-hydroxylation sites is 1. The van der Waals surface area contributed by atoms with Crippen LogP contribution in [-0.2, 0) is 11.3 Å². The van der Waals surface area contributed by atoms with Crippen LogP contribution in [0, 0.1) is 26.6 Å². The minimum Gasteiger partial charge on any atom is -0.325 e. The van der Waals surface area contributed by atoms with Crippen LogP contribution in [0.3, 0.4) is 0 Å². The summed E-state index contributed by atoms with van der Waals surface area (Å²) in [4.78, 5) is 29.8. The second-order valence-corrected chi connectivity index (χ2v) is 7.38. The first-order valence-electron chi connectivity index (χ1n) is 9.67. The van der Waals surface area contributed by atoms with Crippen molar-refractivity contribution in [1.29, 1.82) is 0 Å². The largest absolute Gasteiger partial charge is 0.353 e. The lowest BCUT2D eigenvalue weighted by molar-refractivity contribution is -0.117. The molecule has 0 atom stereocenters. The van der Waals surface area contributed by atoms with Gasteiger partial charge in [-0.3, -0.25) is 4.79 Å². The molecule has 0 spiro atoms. The number of amides is 1. The smallest absolute Gasteiger partial charge is 0.325 e. The number of carbonyl (C=O) groups excluding carboxylic acids is 1. The fourth-order valence-corrected chi connectivity index (χ4v) is 3.40. The Morgan fingerprint density at radius 2 is 1.77 bits per heavy atom. The number of nitrogens with zero attached hydrogens (tertiary/aromatic N) is 4. The summed E-state index contributed by atoms with van der Waals surface area (Å²) >= 11 is 0. The fourth-order valence-electron chi connectivity index (χ4n) is 3.40. The Balaban J connectivity index is 1.67. The standard InChI is InChI=1S/C22H21FN6O2/c1-13-8-14(2)10-16(9-13)25-21-24-15(3)11-19-27-28(22(31)29(19)21)12-20(30)26-18-7-5-4-6-17(18)23/h4-11H,12H2,1-3H3,(H,24,25)(H,26,30). The van der Waals surface area contributed by atoms with Crippen molar-refractivity contribution in [2.75, 3.05) is 10.6 Å². The lowest BCUT2D eigenvalue weighted by Crippen LogP contribution is -2.29. The number of anilines is 3. The second kappa shape index (κ2) is 8.02. The average Bonchev–Trinajstić information content (AvgIpc) is 2.98. The van der Waals surface area contributed by atoms with Crippen molar-refractivity contribution in [2.45, 2.75) is 27.3 Å². The quantitative estimate of drug-likeness (QED) is 0.517. The maximum Gasteiger partial charge on any atom is 0.353 e. The topological polar surface area (TPSA) is 93.3 Å². The van der Waals surface area contributed by atoms with Crippen molar-refractivity contribution in [3.8, 4) is 0 Å². The molecule has 2 N–H and O–H groups in total. The summed E-state index contributed by atoms with van der Waals surface area (Å²) in [6, 6.07) is 13.4. The number of rotatable bonds is 5. The van der Waals surface area contributed by atoms with E-state index in [0.29, 0.717) is 17.3 Å². The van der Waals surface area contributed by atoms with Crippen molar-refractivity contribution in [3.05, 3.63) is 81.7 Å². The maximum absolute atomic E-state index is 13.8. The Hall–Kier alpha value is -4.01.